The van der Waals surface area contributed by atoms with E-state index in [4.69, 9.17) is 0 Å². The van der Waals surface area contributed by atoms with Crippen LogP contribution in [0.5, 0.6) is 0 Å². The summed E-state index contributed by atoms with van der Waals surface area (Å²) in [5.74, 6) is -0.925. The van der Waals surface area contributed by atoms with Gasteiger partial charge in [0.25, 0.3) is 5.91 Å². The Hall–Kier alpha value is -1.91. The van der Waals surface area contributed by atoms with Gasteiger partial charge < -0.3 is 10.0 Å². The number of likely N-dealkylation sites (tertiary alicyclic amines) is 1. The van der Waals surface area contributed by atoms with Crippen LogP contribution in [-0.4, -0.2) is 39.5 Å². The first-order valence-corrected chi connectivity index (χ1v) is 6.60. The number of hydrogen-bond acceptors (Lipinski definition) is 3. The van der Waals surface area contributed by atoms with E-state index in [1.807, 2.05) is 4.90 Å². The van der Waals surface area contributed by atoms with E-state index in [0.29, 0.717) is 18.5 Å². The molecule has 1 amide bonds. The van der Waals surface area contributed by atoms with Gasteiger partial charge in [-0.3, -0.25) is 14.6 Å². The molecule has 3 atom stereocenters. The Morgan fingerprint density at radius 2 is 2.21 bits per heavy atom. The molecule has 2 heterocycles. The summed E-state index contributed by atoms with van der Waals surface area (Å²) in [7, 11) is 0. The molecule has 1 saturated heterocycles. The molecular weight excluding hydrogens is 244 g/mol. The number of rotatable bonds is 2. The molecule has 1 aliphatic heterocycles. The molecule has 3 rings (SSSR count). The summed E-state index contributed by atoms with van der Waals surface area (Å²) < 4.78 is 0. The fourth-order valence-corrected chi connectivity index (χ4v) is 3.35. The molecule has 3 unspecified atom stereocenters. The highest BCUT2D eigenvalue weighted by Crippen LogP contribution is 2.40. The van der Waals surface area contributed by atoms with Crippen LogP contribution in [0.15, 0.2) is 24.5 Å². The van der Waals surface area contributed by atoms with Crippen molar-refractivity contribution in [3.05, 3.63) is 30.1 Å². The molecule has 2 fully saturated rings. The minimum atomic E-state index is -0.723. The number of carboxylic acids is 1. The Bertz CT molecular complexity index is 503. The van der Waals surface area contributed by atoms with Crippen LogP contribution in [-0.2, 0) is 4.79 Å². The van der Waals surface area contributed by atoms with Crippen LogP contribution >= 0.6 is 0 Å². The van der Waals surface area contributed by atoms with Crippen molar-refractivity contribution in [3.8, 4) is 0 Å². The number of amides is 1. The van der Waals surface area contributed by atoms with Crippen molar-refractivity contribution in [3.63, 3.8) is 0 Å². The van der Waals surface area contributed by atoms with E-state index in [-0.39, 0.29) is 23.8 Å². The quantitative estimate of drug-likeness (QED) is 0.872. The maximum Gasteiger partial charge on any atom is 0.306 e. The van der Waals surface area contributed by atoms with Gasteiger partial charge in [0.05, 0.1) is 11.5 Å². The normalized spacial score (nSPS) is 29.3. The zero-order valence-electron chi connectivity index (χ0n) is 10.5. The van der Waals surface area contributed by atoms with Crippen LogP contribution in [0.25, 0.3) is 0 Å². The lowest BCUT2D eigenvalue weighted by Crippen LogP contribution is -2.35. The molecule has 0 spiro atoms. The highest BCUT2D eigenvalue weighted by atomic mass is 16.4. The first-order valence-electron chi connectivity index (χ1n) is 6.60. The monoisotopic (exact) mass is 260 g/mol. The van der Waals surface area contributed by atoms with E-state index >= 15 is 0 Å². The lowest BCUT2D eigenvalue weighted by molar-refractivity contribution is -0.144. The standard InChI is InChI=1S/C14H16N2O3/c17-13(9-2-1-5-15-7-9)16-8-10-6-11(16)3-4-12(10)14(18)19/h1-2,5,7,10-12H,3-4,6,8H2,(H,18,19). The second-order valence-electron chi connectivity index (χ2n) is 5.37. The van der Waals surface area contributed by atoms with Gasteiger partial charge in [-0.25, -0.2) is 0 Å². The van der Waals surface area contributed by atoms with Crippen molar-refractivity contribution in [2.24, 2.45) is 11.8 Å². The summed E-state index contributed by atoms with van der Waals surface area (Å²) in [6.07, 6.45) is 5.50. The van der Waals surface area contributed by atoms with Gasteiger partial charge in [0.2, 0.25) is 0 Å². The van der Waals surface area contributed by atoms with Gasteiger partial charge >= 0.3 is 5.97 Å². The zero-order chi connectivity index (χ0) is 13.4. The number of carbonyl (C=O) groups excluding carboxylic acids is 1. The number of aliphatic carboxylic acids is 1. The first-order chi connectivity index (χ1) is 9.16. The molecule has 1 aromatic heterocycles. The number of hydrogen-bond donors (Lipinski definition) is 1. The van der Waals surface area contributed by atoms with Crippen molar-refractivity contribution in [1.82, 2.24) is 9.88 Å². The topological polar surface area (TPSA) is 70.5 Å². The molecule has 0 radical (unpaired) electrons. The third kappa shape index (κ3) is 2.09. The first kappa shape index (κ1) is 12.1. The molecule has 5 nitrogen and oxygen atoms in total. The second kappa shape index (κ2) is 4.64. The fourth-order valence-electron chi connectivity index (χ4n) is 3.35. The smallest absolute Gasteiger partial charge is 0.306 e. The van der Waals surface area contributed by atoms with E-state index in [9.17, 15) is 14.7 Å². The number of pyridine rings is 1. The lowest BCUT2D eigenvalue weighted by Gasteiger charge is -2.26. The van der Waals surface area contributed by atoms with E-state index in [1.54, 1.807) is 24.5 Å². The third-order valence-corrected chi connectivity index (χ3v) is 4.31. The van der Waals surface area contributed by atoms with Crippen LogP contribution in [0.3, 0.4) is 0 Å². The minimum absolute atomic E-state index is 0.0216. The Labute approximate surface area is 111 Å². The van der Waals surface area contributed by atoms with Gasteiger partial charge in [0.15, 0.2) is 0 Å². The summed E-state index contributed by atoms with van der Waals surface area (Å²) in [6.45, 7) is 0.565. The minimum Gasteiger partial charge on any atom is -0.481 e. The van der Waals surface area contributed by atoms with E-state index in [2.05, 4.69) is 4.98 Å². The maximum atomic E-state index is 12.4. The average molecular weight is 260 g/mol. The highest BCUT2D eigenvalue weighted by Gasteiger charge is 2.45. The van der Waals surface area contributed by atoms with Gasteiger partial charge in [-0.2, -0.15) is 0 Å². The Morgan fingerprint density at radius 1 is 1.37 bits per heavy atom. The van der Waals surface area contributed by atoms with Crippen molar-refractivity contribution >= 4 is 11.9 Å². The molecular formula is C14H16N2O3. The molecule has 1 saturated carbocycles. The van der Waals surface area contributed by atoms with Crippen molar-refractivity contribution < 1.29 is 14.7 Å². The Morgan fingerprint density at radius 3 is 2.89 bits per heavy atom. The molecule has 5 heteroatoms. The van der Waals surface area contributed by atoms with Crippen molar-refractivity contribution in [2.45, 2.75) is 25.3 Å². The Balaban J connectivity index is 1.78. The van der Waals surface area contributed by atoms with Gasteiger partial charge in [-0.1, -0.05) is 0 Å². The van der Waals surface area contributed by atoms with Gasteiger partial charge in [0, 0.05) is 25.0 Å². The predicted octanol–water partition coefficient (Wildman–Crippen LogP) is 1.41. The molecule has 0 aromatic carbocycles. The van der Waals surface area contributed by atoms with Gasteiger partial charge in [0.1, 0.15) is 0 Å². The van der Waals surface area contributed by atoms with E-state index in [1.165, 1.54) is 0 Å². The summed E-state index contributed by atoms with van der Waals surface area (Å²) in [5.41, 5.74) is 0.585. The average Bonchev–Trinajstić information content (AvgIpc) is 2.75. The summed E-state index contributed by atoms with van der Waals surface area (Å²) in [4.78, 5) is 29.4. The SMILES string of the molecule is O=C(O)C1CCC2CC1CN2C(=O)c1cccnc1. The van der Waals surface area contributed by atoms with Crippen LogP contribution < -0.4 is 0 Å². The van der Waals surface area contributed by atoms with Crippen LogP contribution in [0, 0.1) is 11.8 Å². The molecule has 1 aromatic rings. The molecule has 2 bridgehead atoms. The molecule has 19 heavy (non-hydrogen) atoms. The van der Waals surface area contributed by atoms with Gasteiger partial charge in [-0.05, 0) is 37.3 Å². The van der Waals surface area contributed by atoms with Crippen molar-refractivity contribution in [2.75, 3.05) is 6.54 Å². The highest BCUT2D eigenvalue weighted by molar-refractivity contribution is 5.94. The summed E-state index contributed by atoms with van der Waals surface area (Å²) in [5, 5.41) is 9.19. The van der Waals surface area contributed by atoms with E-state index < -0.39 is 5.97 Å². The molecule has 2 aliphatic rings. The molecule has 1 N–H and O–H groups in total. The molecule has 1 aliphatic carbocycles. The predicted molar refractivity (Wildman–Crippen MR) is 67.5 cm³/mol. The number of fused-ring (bicyclic) bond motifs is 2. The van der Waals surface area contributed by atoms with Crippen LogP contribution in [0.4, 0.5) is 0 Å². The largest absolute Gasteiger partial charge is 0.481 e. The number of aromatic nitrogens is 1. The second-order valence-corrected chi connectivity index (χ2v) is 5.37. The van der Waals surface area contributed by atoms with Gasteiger partial charge in [-0.15, -0.1) is 0 Å². The van der Waals surface area contributed by atoms with E-state index in [0.717, 1.165) is 12.8 Å². The summed E-state index contributed by atoms with van der Waals surface area (Å²) >= 11 is 0. The number of carboxylic acid groups (broad SMARTS) is 1. The Kier molecular flexibility index (Phi) is 2.97. The fraction of sp³-hybridized carbons (Fsp3) is 0.500. The lowest BCUT2D eigenvalue weighted by atomic mass is 9.80. The van der Waals surface area contributed by atoms with Crippen LogP contribution in [0.1, 0.15) is 29.6 Å². The number of carbonyl (C=O) groups is 2. The maximum absolute atomic E-state index is 12.4. The van der Waals surface area contributed by atoms with Crippen LogP contribution in [0.2, 0.25) is 0 Å². The van der Waals surface area contributed by atoms with Crippen molar-refractivity contribution in [1.29, 1.82) is 0 Å². The zero-order valence-corrected chi connectivity index (χ0v) is 10.5. The third-order valence-electron chi connectivity index (χ3n) is 4.31. The molecule has 100 valence electrons. The summed E-state index contributed by atoms with van der Waals surface area (Å²) in [6, 6.07) is 3.70. The number of nitrogens with zero attached hydrogens (tertiary/aromatic N) is 2.